The van der Waals surface area contributed by atoms with E-state index in [4.69, 9.17) is 0 Å². The molecule has 0 aromatic heterocycles. The summed E-state index contributed by atoms with van der Waals surface area (Å²) in [6.45, 7) is 0. The van der Waals surface area contributed by atoms with Crippen molar-refractivity contribution in [2.75, 3.05) is 19.1 Å². The maximum absolute atomic E-state index is 11.9. The minimum absolute atomic E-state index is 0.0325. The molecule has 0 bridgehead atoms. The number of hydrogen-bond acceptors (Lipinski definition) is 4. The van der Waals surface area contributed by atoms with E-state index in [0.29, 0.717) is 18.4 Å². The summed E-state index contributed by atoms with van der Waals surface area (Å²) in [5, 5.41) is 0. The molecule has 5 nitrogen and oxygen atoms in total. The molecule has 0 saturated carbocycles. The summed E-state index contributed by atoms with van der Waals surface area (Å²) in [5.41, 5.74) is 2.20. The molecular weight excluding hydrogens is 246 g/mol. The van der Waals surface area contributed by atoms with Crippen molar-refractivity contribution in [1.29, 1.82) is 0 Å². The van der Waals surface area contributed by atoms with Gasteiger partial charge in [-0.2, -0.15) is 0 Å². The van der Waals surface area contributed by atoms with Crippen LogP contribution in [0.5, 0.6) is 0 Å². The predicted molar refractivity (Wildman–Crippen MR) is 69.1 cm³/mol. The van der Waals surface area contributed by atoms with Gasteiger partial charge in [0.25, 0.3) is 0 Å². The van der Waals surface area contributed by atoms with Crippen LogP contribution in [0.25, 0.3) is 0 Å². The Kier molecular flexibility index (Phi) is 3.64. The highest BCUT2D eigenvalue weighted by molar-refractivity contribution is 6.07. The van der Waals surface area contributed by atoms with Crippen molar-refractivity contribution >= 4 is 23.3 Å². The Bertz CT molecular complexity index is 550. The van der Waals surface area contributed by atoms with E-state index < -0.39 is 5.97 Å². The second kappa shape index (κ2) is 5.22. The smallest absolute Gasteiger partial charge is 0.313 e. The molecule has 0 aliphatic carbocycles. The van der Waals surface area contributed by atoms with Crippen LogP contribution in [-0.4, -0.2) is 31.8 Å². The Labute approximate surface area is 111 Å². The first-order valence-electron chi connectivity index (χ1n) is 6.02. The van der Waals surface area contributed by atoms with Gasteiger partial charge in [-0.05, 0) is 18.1 Å². The highest BCUT2D eigenvalue weighted by atomic mass is 16.5. The summed E-state index contributed by atoms with van der Waals surface area (Å²) >= 11 is 0. The number of ketones is 1. The first-order chi connectivity index (χ1) is 9.02. The number of esters is 1. The molecule has 0 unspecified atom stereocenters. The topological polar surface area (TPSA) is 63.7 Å². The van der Waals surface area contributed by atoms with Crippen molar-refractivity contribution < 1.29 is 19.1 Å². The number of carbonyl (C=O) groups is 3. The number of amides is 1. The lowest BCUT2D eigenvalue weighted by atomic mass is 9.97. The molecule has 1 aliphatic rings. The number of anilines is 1. The minimum Gasteiger partial charge on any atom is -0.469 e. The zero-order valence-electron chi connectivity index (χ0n) is 10.9. The van der Waals surface area contributed by atoms with Gasteiger partial charge in [0, 0.05) is 24.7 Å². The maximum atomic E-state index is 11.9. The Morgan fingerprint density at radius 1 is 1.32 bits per heavy atom. The number of carbonyl (C=O) groups excluding carboxylic acids is 3. The maximum Gasteiger partial charge on any atom is 0.313 e. The molecule has 1 aromatic rings. The van der Waals surface area contributed by atoms with Crippen molar-refractivity contribution in [2.24, 2.45) is 0 Å². The van der Waals surface area contributed by atoms with Gasteiger partial charge in [-0.15, -0.1) is 0 Å². The van der Waals surface area contributed by atoms with Crippen LogP contribution in [0.4, 0.5) is 5.69 Å². The van der Waals surface area contributed by atoms with Gasteiger partial charge >= 0.3 is 5.97 Å². The van der Waals surface area contributed by atoms with Crippen LogP contribution in [0.2, 0.25) is 0 Å². The number of fused-ring (bicyclic) bond motifs is 1. The fraction of sp³-hybridized carbons (Fsp3) is 0.357. The molecular formula is C14H15NO4. The van der Waals surface area contributed by atoms with Crippen LogP contribution < -0.4 is 4.90 Å². The summed E-state index contributed by atoms with van der Waals surface area (Å²) in [7, 11) is 2.93. The monoisotopic (exact) mass is 261 g/mol. The highest BCUT2D eigenvalue weighted by Gasteiger charge is 2.22. The number of methoxy groups -OCH3 is 1. The summed E-state index contributed by atoms with van der Waals surface area (Å²) < 4.78 is 4.47. The summed E-state index contributed by atoms with van der Waals surface area (Å²) in [4.78, 5) is 36.2. The van der Waals surface area contributed by atoms with Crippen molar-refractivity contribution in [3.63, 3.8) is 0 Å². The van der Waals surface area contributed by atoms with E-state index in [-0.39, 0.29) is 18.1 Å². The normalized spacial score (nSPS) is 14.0. The lowest BCUT2D eigenvalue weighted by molar-refractivity contribution is -0.139. The molecule has 1 aliphatic heterocycles. The van der Waals surface area contributed by atoms with E-state index in [1.807, 2.05) is 6.07 Å². The average molecular weight is 261 g/mol. The third-order valence-electron chi connectivity index (χ3n) is 3.28. The molecule has 1 amide bonds. The molecule has 19 heavy (non-hydrogen) atoms. The van der Waals surface area contributed by atoms with Crippen LogP contribution in [0.1, 0.15) is 28.8 Å². The Morgan fingerprint density at radius 2 is 2.05 bits per heavy atom. The number of benzene rings is 1. The second-order valence-corrected chi connectivity index (χ2v) is 4.47. The molecule has 5 heteroatoms. The molecule has 0 atom stereocenters. The molecule has 0 radical (unpaired) electrons. The number of hydrogen-bond donors (Lipinski definition) is 0. The third-order valence-corrected chi connectivity index (χ3v) is 3.28. The second-order valence-electron chi connectivity index (χ2n) is 4.47. The van der Waals surface area contributed by atoms with E-state index in [1.165, 1.54) is 7.11 Å². The van der Waals surface area contributed by atoms with E-state index in [0.717, 1.165) is 11.3 Å². The number of rotatable bonds is 3. The zero-order chi connectivity index (χ0) is 14.0. The fourth-order valence-electron chi connectivity index (χ4n) is 2.11. The molecule has 0 N–H and O–H groups in total. The SMILES string of the molecule is COC(=O)CC(=O)c1ccc2c(c1)N(C)C(=O)CC2. The summed E-state index contributed by atoms with van der Waals surface area (Å²) in [6.07, 6.45) is 0.885. The summed E-state index contributed by atoms with van der Waals surface area (Å²) in [6, 6.07) is 5.19. The third kappa shape index (κ3) is 2.65. The zero-order valence-corrected chi connectivity index (χ0v) is 10.9. The quantitative estimate of drug-likeness (QED) is 0.468. The van der Waals surface area contributed by atoms with E-state index in [1.54, 1.807) is 24.1 Å². The standard InChI is InChI=1S/C14H15NO4/c1-15-11-7-10(12(16)8-14(18)19-2)4-3-9(11)5-6-13(15)17/h3-4,7H,5-6,8H2,1-2H3. The minimum atomic E-state index is -0.563. The Balaban J connectivity index is 2.28. The Morgan fingerprint density at radius 3 is 2.74 bits per heavy atom. The number of ether oxygens (including phenoxy) is 1. The molecule has 0 fully saturated rings. The van der Waals surface area contributed by atoms with Gasteiger partial charge < -0.3 is 9.64 Å². The van der Waals surface area contributed by atoms with E-state index >= 15 is 0 Å². The van der Waals surface area contributed by atoms with Gasteiger partial charge in [0.05, 0.1) is 7.11 Å². The van der Waals surface area contributed by atoms with Gasteiger partial charge in [-0.1, -0.05) is 12.1 Å². The van der Waals surface area contributed by atoms with E-state index in [2.05, 4.69) is 4.74 Å². The fourth-order valence-corrected chi connectivity index (χ4v) is 2.11. The van der Waals surface area contributed by atoms with Crippen molar-refractivity contribution in [2.45, 2.75) is 19.3 Å². The van der Waals surface area contributed by atoms with Gasteiger partial charge in [-0.3, -0.25) is 14.4 Å². The van der Waals surface area contributed by atoms with Gasteiger partial charge in [0.2, 0.25) is 5.91 Å². The van der Waals surface area contributed by atoms with Crippen LogP contribution in [0, 0.1) is 0 Å². The predicted octanol–water partition coefficient (Wildman–Crippen LogP) is 1.34. The van der Waals surface area contributed by atoms with Gasteiger partial charge in [0.15, 0.2) is 5.78 Å². The number of Topliss-reactive ketones (excluding diaryl/α,β-unsaturated/α-hetero) is 1. The van der Waals surface area contributed by atoms with Crippen molar-refractivity contribution in [3.8, 4) is 0 Å². The first-order valence-corrected chi connectivity index (χ1v) is 6.02. The lowest BCUT2D eigenvalue weighted by Crippen LogP contribution is -2.31. The van der Waals surface area contributed by atoms with Crippen LogP contribution in [0.15, 0.2) is 18.2 Å². The molecule has 2 rings (SSSR count). The first kappa shape index (κ1) is 13.3. The van der Waals surface area contributed by atoms with Crippen LogP contribution in [0.3, 0.4) is 0 Å². The van der Waals surface area contributed by atoms with Gasteiger partial charge in [0.1, 0.15) is 6.42 Å². The molecule has 0 spiro atoms. The largest absolute Gasteiger partial charge is 0.469 e. The molecule has 0 saturated heterocycles. The Hall–Kier alpha value is -2.17. The lowest BCUT2D eigenvalue weighted by Gasteiger charge is -2.26. The highest BCUT2D eigenvalue weighted by Crippen LogP contribution is 2.28. The number of aryl methyl sites for hydroxylation is 1. The number of nitrogens with zero attached hydrogens (tertiary/aromatic N) is 1. The van der Waals surface area contributed by atoms with Gasteiger partial charge in [-0.25, -0.2) is 0 Å². The van der Waals surface area contributed by atoms with Crippen molar-refractivity contribution in [3.05, 3.63) is 29.3 Å². The molecule has 100 valence electrons. The summed E-state index contributed by atoms with van der Waals surface area (Å²) in [5.74, 6) is -0.835. The van der Waals surface area contributed by atoms with Crippen LogP contribution >= 0.6 is 0 Å². The van der Waals surface area contributed by atoms with E-state index in [9.17, 15) is 14.4 Å². The van der Waals surface area contributed by atoms with Crippen molar-refractivity contribution in [1.82, 2.24) is 0 Å². The molecule has 1 aromatic carbocycles. The molecule has 1 heterocycles. The van der Waals surface area contributed by atoms with Crippen LogP contribution in [-0.2, 0) is 20.7 Å². The average Bonchev–Trinajstić information content (AvgIpc) is 2.42.